The van der Waals surface area contributed by atoms with Crippen molar-refractivity contribution in [1.29, 1.82) is 0 Å². The Kier molecular flexibility index (Phi) is 16.2. The Balaban J connectivity index is 2.16. The minimum atomic E-state index is -1.71. The van der Waals surface area contributed by atoms with Crippen LogP contribution in [0.3, 0.4) is 0 Å². The molecule has 8 unspecified atom stereocenters. The quantitative estimate of drug-likeness (QED) is 0.0850. The minimum absolute atomic E-state index is 0.0126. The number of aliphatic hydroxyl groups is 2. The molecule has 1 heterocycles. The van der Waals surface area contributed by atoms with Gasteiger partial charge in [0.25, 0.3) is 0 Å². The lowest BCUT2D eigenvalue weighted by Gasteiger charge is -2.33. The molecule has 1 aromatic carbocycles. The molecule has 284 valence electrons. The van der Waals surface area contributed by atoms with Crippen LogP contribution in [0.4, 0.5) is 0 Å². The van der Waals surface area contributed by atoms with Crippen LogP contribution in [0.25, 0.3) is 0 Å². The van der Waals surface area contributed by atoms with Crippen LogP contribution in [0.5, 0.6) is 0 Å². The third kappa shape index (κ3) is 12.7. The van der Waals surface area contributed by atoms with E-state index in [-0.39, 0.29) is 49.9 Å². The molecular weight excluding hydrogens is 666 g/mol. The molecule has 0 radical (unpaired) electrons. The summed E-state index contributed by atoms with van der Waals surface area (Å²) in [6.07, 6.45) is -2.66. The number of carbonyl (C=O) groups excluding carboxylic acids is 6. The van der Waals surface area contributed by atoms with Crippen molar-refractivity contribution in [2.24, 2.45) is 17.8 Å². The second-order valence-corrected chi connectivity index (χ2v) is 13.9. The minimum Gasteiger partial charge on any atom is -0.480 e. The fourth-order valence-corrected chi connectivity index (χ4v) is 5.55. The largest absolute Gasteiger partial charge is 0.480 e. The highest BCUT2D eigenvalue weighted by Crippen LogP contribution is 2.27. The number of hydrogen-bond donors (Lipinski definition) is 8. The molecule has 1 aliphatic heterocycles. The summed E-state index contributed by atoms with van der Waals surface area (Å²) >= 11 is 0. The molecular formula is C35H53N5O11. The number of carboxylic acids is 1. The van der Waals surface area contributed by atoms with E-state index in [1.807, 2.05) is 27.7 Å². The summed E-state index contributed by atoms with van der Waals surface area (Å²) in [4.78, 5) is 90.7. The number of aliphatic hydroxyl groups excluding tert-OH is 2. The van der Waals surface area contributed by atoms with E-state index in [2.05, 4.69) is 26.6 Å². The van der Waals surface area contributed by atoms with Crippen LogP contribution in [0.1, 0.15) is 73.3 Å². The van der Waals surface area contributed by atoms with Gasteiger partial charge in [-0.1, -0.05) is 58.0 Å². The van der Waals surface area contributed by atoms with Crippen LogP contribution in [0.2, 0.25) is 0 Å². The highest BCUT2D eigenvalue weighted by molar-refractivity contribution is 6.03. The van der Waals surface area contributed by atoms with Crippen LogP contribution in [0.15, 0.2) is 30.3 Å². The number of benzene rings is 1. The van der Waals surface area contributed by atoms with Gasteiger partial charge in [-0.05, 0) is 44.6 Å². The maximum Gasteiger partial charge on any atom is 0.326 e. The average Bonchev–Trinajstić information content (AvgIpc) is 3.38. The van der Waals surface area contributed by atoms with Crippen molar-refractivity contribution in [3.05, 3.63) is 35.9 Å². The van der Waals surface area contributed by atoms with E-state index in [9.17, 15) is 48.9 Å². The predicted molar refractivity (Wildman–Crippen MR) is 183 cm³/mol. The summed E-state index contributed by atoms with van der Waals surface area (Å²) in [5, 5.41) is 42.5. The van der Waals surface area contributed by atoms with Crippen molar-refractivity contribution in [3.63, 3.8) is 0 Å². The van der Waals surface area contributed by atoms with Gasteiger partial charge in [0, 0.05) is 19.3 Å². The maximum absolute atomic E-state index is 13.5. The highest BCUT2D eigenvalue weighted by Gasteiger charge is 2.46. The van der Waals surface area contributed by atoms with Crippen molar-refractivity contribution in [1.82, 2.24) is 26.6 Å². The molecule has 16 nitrogen and oxygen atoms in total. The van der Waals surface area contributed by atoms with E-state index in [1.165, 1.54) is 20.8 Å². The lowest BCUT2D eigenvalue weighted by atomic mass is 9.95. The van der Waals surface area contributed by atoms with Crippen molar-refractivity contribution in [2.75, 3.05) is 6.61 Å². The molecule has 8 atom stereocenters. The lowest BCUT2D eigenvalue weighted by Crippen LogP contribution is -2.63. The zero-order valence-electron chi connectivity index (χ0n) is 30.2. The van der Waals surface area contributed by atoms with Crippen molar-refractivity contribution in [3.8, 4) is 0 Å². The van der Waals surface area contributed by atoms with Crippen LogP contribution in [-0.4, -0.2) is 105 Å². The number of amides is 5. The summed E-state index contributed by atoms with van der Waals surface area (Å²) in [5.41, 5.74) is -0.912. The number of aliphatic carboxylic acids is 1. The monoisotopic (exact) mass is 719 g/mol. The summed E-state index contributed by atoms with van der Waals surface area (Å²) in [6, 6.07) is 2.60. The summed E-state index contributed by atoms with van der Waals surface area (Å²) in [7, 11) is 0. The van der Waals surface area contributed by atoms with Gasteiger partial charge in [-0.3, -0.25) is 28.8 Å². The first-order chi connectivity index (χ1) is 23.8. The first kappa shape index (κ1) is 42.8. The fraction of sp³-hybridized carbons (Fsp3) is 0.629. The first-order valence-corrected chi connectivity index (χ1v) is 17.1. The lowest BCUT2D eigenvalue weighted by molar-refractivity contribution is -0.147. The van der Waals surface area contributed by atoms with Gasteiger partial charge in [0.05, 0.1) is 18.8 Å². The molecule has 0 aromatic heterocycles. The van der Waals surface area contributed by atoms with Crippen LogP contribution in [-0.2, 0) is 44.7 Å². The van der Waals surface area contributed by atoms with Gasteiger partial charge in [0.2, 0.25) is 35.3 Å². The summed E-state index contributed by atoms with van der Waals surface area (Å²) in [6.45, 7) is 11.1. The Morgan fingerprint density at radius 1 is 0.725 bits per heavy atom. The second kappa shape index (κ2) is 19.3. The number of nitrogens with one attached hydrogen (secondary N) is 5. The van der Waals surface area contributed by atoms with Crippen LogP contribution >= 0.6 is 0 Å². The second-order valence-electron chi connectivity index (χ2n) is 13.9. The molecule has 0 bridgehead atoms. The number of carbonyl (C=O) groups is 7. The normalized spacial score (nSPS) is 19.9. The summed E-state index contributed by atoms with van der Waals surface area (Å²) in [5.74, 6) is -7.97. The zero-order valence-corrected chi connectivity index (χ0v) is 30.2. The molecule has 8 N–H and O–H groups in total. The van der Waals surface area contributed by atoms with Crippen LogP contribution < -0.4 is 26.6 Å². The molecule has 1 saturated heterocycles. The number of carboxylic acid groups (broad SMARTS) is 1. The smallest absolute Gasteiger partial charge is 0.326 e. The van der Waals surface area contributed by atoms with Gasteiger partial charge in [-0.2, -0.15) is 0 Å². The predicted octanol–water partition coefficient (Wildman–Crippen LogP) is -0.455. The Bertz CT molecular complexity index is 1400. The third-order valence-corrected chi connectivity index (χ3v) is 8.30. The fourth-order valence-electron chi connectivity index (χ4n) is 5.55. The van der Waals surface area contributed by atoms with Crippen molar-refractivity contribution in [2.45, 2.75) is 116 Å². The molecule has 16 heteroatoms. The first-order valence-electron chi connectivity index (χ1n) is 17.1. The van der Waals surface area contributed by atoms with Gasteiger partial charge in [0.1, 0.15) is 30.1 Å². The number of Topliss-reactive ketones (excluding diaryl/α,β-unsaturated/α-hetero) is 1. The number of hydrogen-bond acceptors (Lipinski definition) is 10. The van der Waals surface area contributed by atoms with E-state index >= 15 is 0 Å². The van der Waals surface area contributed by atoms with Gasteiger partial charge in [0.15, 0.2) is 5.78 Å². The zero-order chi connectivity index (χ0) is 38.6. The average molecular weight is 720 g/mol. The van der Waals surface area contributed by atoms with E-state index in [1.54, 1.807) is 30.3 Å². The molecule has 1 aromatic rings. The molecule has 0 saturated carbocycles. The SMILES string of the molecule is CC(C)CC(NC(=O)C(NC(=O)C(NC(=O)C(C)C(=O)NC(Cc1ccccc1)C(=O)O)C(C)O)C(C)O)C(=O)NC1(CC(C)C)OCCC1=O. The van der Waals surface area contributed by atoms with Gasteiger partial charge in [-0.15, -0.1) is 0 Å². The van der Waals surface area contributed by atoms with Crippen molar-refractivity contribution >= 4 is 41.3 Å². The Morgan fingerprint density at radius 3 is 1.71 bits per heavy atom. The number of ether oxygens (including phenoxy) is 1. The van der Waals surface area contributed by atoms with Gasteiger partial charge >= 0.3 is 5.97 Å². The molecule has 0 spiro atoms. The molecule has 0 aliphatic carbocycles. The van der Waals surface area contributed by atoms with E-state index in [4.69, 9.17) is 4.74 Å². The third-order valence-electron chi connectivity index (χ3n) is 8.30. The number of ketones is 1. The molecule has 1 fully saturated rings. The van der Waals surface area contributed by atoms with Crippen molar-refractivity contribution < 1.29 is 53.6 Å². The molecule has 51 heavy (non-hydrogen) atoms. The standard InChI is InChI=1S/C35H53N5O11/c1-18(2)15-24(31(46)40-35(17-19(3)4)26(43)13-14-51-35)36-32(47)27(21(6)41)39-33(48)28(22(7)42)38-30(45)20(5)29(44)37-25(34(49)50)16-23-11-9-8-10-12-23/h8-12,18-22,24-25,27-28,41-42H,13-17H2,1-7H3,(H,36,47)(H,37,44)(H,38,45)(H,39,48)(H,40,46)(H,49,50). The van der Waals surface area contributed by atoms with E-state index in [0.29, 0.717) is 5.56 Å². The Hall–Kier alpha value is -4.41. The van der Waals surface area contributed by atoms with Crippen LogP contribution in [0, 0.1) is 17.8 Å². The van der Waals surface area contributed by atoms with Gasteiger partial charge in [-0.25, -0.2) is 4.79 Å². The molecule has 1 aliphatic rings. The molecule has 2 rings (SSSR count). The summed E-state index contributed by atoms with van der Waals surface area (Å²) < 4.78 is 5.70. The Labute approximate surface area is 297 Å². The van der Waals surface area contributed by atoms with Gasteiger partial charge < -0.3 is 46.6 Å². The van der Waals surface area contributed by atoms with E-state index in [0.717, 1.165) is 0 Å². The highest BCUT2D eigenvalue weighted by atomic mass is 16.5. The Morgan fingerprint density at radius 2 is 1.24 bits per heavy atom. The maximum atomic E-state index is 13.5. The topological polar surface area (TPSA) is 250 Å². The van der Waals surface area contributed by atoms with E-state index < -0.39 is 83.5 Å². The molecule has 5 amide bonds. The number of rotatable bonds is 19.